The Labute approximate surface area is 143 Å². The molecule has 3 rings (SSSR count). The normalized spacial score (nSPS) is 23.4. The van der Waals surface area contributed by atoms with Crippen LogP contribution in [0.4, 0.5) is 10.1 Å². The van der Waals surface area contributed by atoms with E-state index in [0.29, 0.717) is 6.54 Å². The molecule has 0 unspecified atom stereocenters. The lowest BCUT2D eigenvalue weighted by molar-refractivity contribution is -0.121. The first kappa shape index (κ1) is 17.2. The summed E-state index contributed by atoms with van der Waals surface area (Å²) in [5.74, 6) is -0.193. The summed E-state index contributed by atoms with van der Waals surface area (Å²) in [7, 11) is 0. The van der Waals surface area contributed by atoms with Gasteiger partial charge in [-0.15, -0.1) is 0 Å². The summed E-state index contributed by atoms with van der Waals surface area (Å²) in [4.78, 5) is 16.5. The van der Waals surface area contributed by atoms with E-state index in [-0.39, 0.29) is 23.8 Å². The van der Waals surface area contributed by atoms with Crippen molar-refractivity contribution in [3.05, 3.63) is 29.6 Å². The Balaban J connectivity index is 1.76. The highest BCUT2D eigenvalue weighted by atomic mass is 19.1. The first-order valence-corrected chi connectivity index (χ1v) is 8.89. The van der Waals surface area contributed by atoms with Crippen LogP contribution in [0.1, 0.15) is 31.9 Å². The minimum atomic E-state index is -0.231. The van der Waals surface area contributed by atoms with Crippen molar-refractivity contribution in [1.29, 1.82) is 0 Å². The van der Waals surface area contributed by atoms with Crippen LogP contribution < -0.4 is 15.5 Å². The van der Waals surface area contributed by atoms with Crippen LogP contribution in [0.2, 0.25) is 0 Å². The molecular weight excluding hydrogens is 307 g/mol. The maximum absolute atomic E-state index is 13.8. The number of anilines is 1. The Morgan fingerprint density at radius 3 is 2.71 bits per heavy atom. The molecule has 2 N–H and O–H groups in total. The predicted molar refractivity (Wildman–Crippen MR) is 93.7 cm³/mol. The Morgan fingerprint density at radius 2 is 2.08 bits per heavy atom. The third-order valence-electron chi connectivity index (χ3n) is 5.12. The van der Waals surface area contributed by atoms with Gasteiger partial charge in [0.1, 0.15) is 5.82 Å². The standard InChI is InChI=1S/C18H27FN4O/c1-3-22-8-10-23(11-9-22)17-5-4-14(19)12-15(17)13(2)21-16-6-7-20-18(16)24/h4-5,12-13,16,21H,3,6-11H2,1-2H3,(H,20,24)/t13-,16+/m0/s1. The molecule has 2 fully saturated rings. The van der Waals surface area contributed by atoms with Gasteiger partial charge < -0.3 is 15.1 Å². The van der Waals surface area contributed by atoms with E-state index in [4.69, 9.17) is 0 Å². The number of rotatable bonds is 5. The van der Waals surface area contributed by atoms with Gasteiger partial charge in [0.2, 0.25) is 5.91 Å². The first-order chi connectivity index (χ1) is 11.6. The number of hydrogen-bond donors (Lipinski definition) is 2. The maximum Gasteiger partial charge on any atom is 0.237 e. The number of piperazine rings is 1. The highest BCUT2D eigenvalue weighted by Gasteiger charge is 2.27. The molecule has 0 aliphatic carbocycles. The number of halogens is 1. The average Bonchev–Trinajstić information content (AvgIpc) is 3.00. The lowest BCUT2D eigenvalue weighted by Crippen LogP contribution is -2.46. The van der Waals surface area contributed by atoms with Crippen LogP contribution in [0.3, 0.4) is 0 Å². The van der Waals surface area contributed by atoms with Gasteiger partial charge in [0.15, 0.2) is 0 Å². The largest absolute Gasteiger partial charge is 0.369 e. The first-order valence-electron chi connectivity index (χ1n) is 8.89. The molecule has 0 saturated carbocycles. The van der Waals surface area contributed by atoms with Gasteiger partial charge in [-0.3, -0.25) is 10.1 Å². The van der Waals surface area contributed by atoms with Crippen molar-refractivity contribution in [2.75, 3.05) is 44.2 Å². The molecule has 0 spiro atoms. The second-order valence-corrected chi connectivity index (χ2v) is 6.65. The predicted octanol–water partition coefficient (Wildman–Crippen LogP) is 1.51. The molecule has 0 radical (unpaired) electrons. The fourth-order valence-electron chi connectivity index (χ4n) is 3.61. The second-order valence-electron chi connectivity index (χ2n) is 6.65. The summed E-state index contributed by atoms with van der Waals surface area (Å²) in [6.07, 6.45) is 0.781. The summed E-state index contributed by atoms with van der Waals surface area (Å²) < 4.78 is 13.8. The topological polar surface area (TPSA) is 47.6 Å². The third kappa shape index (κ3) is 3.70. The number of carbonyl (C=O) groups excluding carboxylic acids is 1. The Morgan fingerprint density at radius 1 is 1.33 bits per heavy atom. The second kappa shape index (κ2) is 7.49. The number of nitrogens with one attached hydrogen (secondary N) is 2. The van der Waals surface area contributed by atoms with Crippen molar-refractivity contribution in [3.63, 3.8) is 0 Å². The fraction of sp³-hybridized carbons (Fsp3) is 0.611. The van der Waals surface area contributed by atoms with Crippen LogP contribution in [0.5, 0.6) is 0 Å². The van der Waals surface area contributed by atoms with E-state index in [1.165, 1.54) is 6.07 Å². The van der Waals surface area contributed by atoms with Crippen LogP contribution in [0, 0.1) is 5.82 Å². The molecule has 1 amide bonds. The van der Waals surface area contributed by atoms with Gasteiger partial charge in [-0.1, -0.05) is 6.92 Å². The van der Waals surface area contributed by atoms with E-state index < -0.39 is 0 Å². The van der Waals surface area contributed by atoms with E-state index in [1.54, 1.807) is 6.07 Å². The molecule has 2 heterocycles. The highest BCUT2D eigenvalue weighted by molar-refractivity contribution is 5.83. The van der Waals surface area contributed by atoms with Crippen LogP contribution in [-0.4, -0.2) is 56.1 Å². The van der Waals surface area contributed by atoms with Crippen molar-refractivity contribution < 1.29 is 9.18 Å². The van der Waals surface area contributed by atoms with Gasteiger partial charge >= 0.3 is 0 Å². The molecule has 24 heavy (non-hydrogen) atoms. The van der Waals surface area contributed by atoms with Crippen LogP contribution >= 0.6 is 0 Å². The minimum Gasteiger partial charge on any atom is -0.369 e. The molecule has 6 heteroatoms. The molecule has 132 valence electrons. The Kier molecular flexibility index (Phi) is 5.36. The van der Waals surface area contributed by atoms with E-state index in [9.17, 15) is 9.18 Å². The van der Waals surface area contributed by atoms with Gasteiger partial charge in [0, 0.05) is 44.5 Å². The quantitative estimate of drug-likeness (QED) is 0.857. The minimum absolute atomic E-state index is 0.0383. The van der Waals surface area contributed by atoms with Crippen LogP contribution in [0.25, 0.3) is 0 Å². The summed E-state index contributed by atoms with van der Waals surface area (Å²) in [5, 5.41) is 6.19. The SMILES string of the molecule is CCN1CCN(c2ccc(F)cc2[C@H](C)N[C@@H]2CCNC2=O)CC1. The van der Waals surface area contributed by atoms with Crippen molar-refractivity contribution >= 4 is 11.6 Å². The number of carbonyl (C=O) groups is 1. The average molecular weight is 334 g/mol. The monoisotopic (exact) mass is 334 g/mol. The molecule has 1 aromatic carbocycles. The summed E-state index contributed by atoms with van der Waals surface area (Å²) in [6, 6.07) is 4.74. The smallest absolute Gasteiger partial charge is 0.237 e. The number of hydrogen-bond acceptors (Lipinski definition) is 4. The fourth-order valence-corrected chi connectivity index (χ4v) is 3.61. The zero-order valence-corrected chi connectivity index (χ0v) is 14.5. The molecule has 2 aliphatic heterocycles. The summed E-state index contributed by atoms with van der Waals surface area (Å²) in [5.41, 5.74) is 2.00. The highest BCUT2D eigenvalue weighted by Crippen LogP contribution is 2.29. The summed E-state index contributed by atoms with van der Waals surface area (Å²) >= 11 is 0. The number of benzene rings is 1. The van der Waals surface area contributed by atoms with Crippen molar-refractivity contribution in [2.24, 2.45) is 0 Å². The van der Waals surface area contributed by atoms with E-state index in [0.717, 1.165) is 50.4 Å². The molecule has 2 saturated heterocycles. The molecule has 1 aromatic rings. The molecule has 0 aromatic heterocycles. The number of likely N-dealkylation sites (N-methyl/N-ethyl adjacent to an activating group) is 1. The number of nitrogens with zero attached hydrogens (tertiary/aromatic N) is 2. The Bertz CT molecular complexity index is 586. The molecule has 2 aliphatic rings. The van der Waals surface area contributed by atoms with Crippen molar-refractivity contribution in [3.8, 4) is 0 Å². The van der Waals surface area contributed by atoms with Crippen molar-refractivity contribution in [2.45, 2.75) is 32.4 Å². The lowest BCUT2D eigenvalue weighted by atomic mass is 10.0. The van der Waals surface area contributed by atoms with Crippen molar-refractivity contribution in [1.82, 2.24) is 15.5 Å². The van der Waals surface area contributed by atoms with Gasteiger partial charge in [-0.2, -0.15) is 0 Å². The lowest BCUT2D eigenvalue weighted by Gasteiger charge is -2.37. The zero-order chi connectivity index (χ0) is 17.1. The molecular formula is C18H27FN4O. The molecule has 5 nitrogen and oxygen atoms in total. The third-order valence-corrected chi connectivity index (χ3v) is 5.12. The van der Waals surface area contributed by atoms with E-state index >= 15 is 0 Å². The van der Waals surface area contributed by atoms with Gasteiger partial charge in [-0.25, -0.2) is 4.39 Å². The molecule has 0 bridgehead atoms. The summed E-state index contributed by atoms with van der Waals surface area (Å²) in [6.45, 7) is 9.91. The van der Waals surface area contributed by atoms with Crippen LogP contribution in [0.15, 0.2) is 18.2 Å². The number of amides is 1. The maximum atomic E-state index is 13.8. The van der Waals surface area contributed by atoms with Crippen LogP contribution in [-0.2, 0) is 4.79 Å². The van der Waals surface area contributed by atoms with Gasteiger partial charge in [0.05, 0.1) is 6.04 Å². The van der Waals surface area contributed by atoms with E-state index in [2.05, 4.69) is 27.4 Å². The Hall–Kier alpha value is -1.66. The zero-order valence-electron chi connectivity index (χ0n) is 14.5. The van der Waals surface area contributed by atoms with E-state index in [1.807, 2.05) is 13.0 Å². The molecule has 2 atom stereocenters. The van der Waals surface area contributed by atoms with Gasteiger partial charge in [-0.05, 0) is 43.7 Å². The van der Waals surface area contributed by atoms with Gasteiger partial charge in [0.25, 0.3) is 0 Å².